The van der Waals surface area contributed by atoms with Gasteiger partial charge in [-0.15, -0.1) is 24.8 Å². The van der Waals surface area contributed by atoms with Gasteiger partial charge in [0.1, 0.15) is 0 Å². The molecule has 0 spiro atoms. The van der Waals surface area contributed by atoms with Gasteiger partial charge in [-0.05, 0) is 30.9 Å². The van der Waals surface area contributed by atoms with Crippen LogP contribution in [0.3, 0.4) is 0 Å². The molecule has 0 unspecified atom stereocenters. The van der Waals surface area contributed by atoms with Crippen LogP contribution in [0.15, 0.2) is 24.4 Å². The van der Waals surface area contributed by atoms with E-state index in [2.05, 4.69) is 10.3 Å². The van der Waals surface area contributed by atoms with E-state index in [0.29, 0.717) is 18.9 Å². The minimum atomic E-state index is 0. The zero-order valence-electron chi connectivity index (χ0n) is 11.5. The number of amides is 1. The highest BCUT2D eigenvalue weighted by Gasteiger charge is 2.25. The highest BCUT2D eigenvalue weighted by atomic mass is 35.5. The monoisotopic (exact) mass is 319 g/mol. The lowest BCUT2D eigenvalue weighted by molar-refractivity contribution is -0.122. The highest BCUT2D eigenvalue weighted by Crippen LogP contribution is 2.26. The molecule has 2 rings (SSSR count). The first kappa shape index (κ1) is 19.2. The van der Waals surface area contributed by atoms with Crippen molar-refractivity contribution in [2.75, 3.05) is 6.54 Å². The van der Waals surface area contributed by atoms with Gasteiger partial charge in [-0.1, -0.05) is 12.5 Å². The van der Waals surface area contributed by atoms with Gasteiger partial charge in [-0.3, -0.25) is 9.78 Å². The molecule has 0 bridgehead atoms. The number of nitrogens with two attached hydrogens (primary N) is 1. The molecule has 1 heterocycles. The molecule has 6 heteroatoms. The topological polar surface area (TPSA) is 68.0 Å². The predicted molar refractivity (Wildman–Crippen MR) is 85.4 cm³/mol. The second-order valence-corrected chi connectivity index (χ2v) is 4.98. The number of aromatic nitrogens is 1. The van der Waals surface area contributed by atoms with E-state index in [-0.39, 0.29) is 36.8 Å². The van der Waals surface area contributed by atoms with Gasteiger partial charge in [0.25, 0.3) is 0 Å². The van der Waals surface area contributed by atoms with E-state index in [0.717, 1.165) is 31.4 Å². The normalized spacial score (nSPS) is 20.6. The average molecular weight is 320 g/mol. The summed E-state index contributed by atoms with van der Waals surface area (Å²) in [6, 6.07) is 6.04. The number of rotatable bonds is 5. The third kappa shape index (κ3) is 6.07. The molecule has 0 aromatic carbocycles. The Kier molecular flexibility index (Phi) is 9.55. The molecule has 1 aliphatic rings. The van der Waals surface area contributed by atoms with Crippen LogP contribution in [-0.4, -0.2) is 23.5 Å². The molecule has 1 aliphatic carbocycles. The summed E-state index contributed by atoms with van der Waals surface area (Å²) in [5.74, 6) is 0.494. The fraction of sp³-hybridized carbons (Fsp3) is 0.571. The average Bonchev–Trinajstić information content (AvgIpc) is 2.76. The van der Waals surface area contributed by atoms with Crippen molar-refractivity contribution >= 4 is 30.7 Å². The molecule has 1 aromatic heterocycles. The molecule has 1 saturated carbocycles. The van der Waals surface area contributed by atoms with Crippen molar-refractivity contribution in [2.24, 2.45) is 11.7 Å². The fourth-order valence-corrected chi connectivity index (χ4v) is 2.51. The van der Waals surface area contributed by atoms with Crippen molar-refractivity contribution in [3.63, 3.8) is 0 Å². The first-order valence-electron chi connectivity index (χ1n) is 6.68. The van der Waals surface area contributed by atoms with Crippen molar-refractivity contribution in [1.82, 2.24) is 10.3 Å². The standard InChI is InChI=1S/C14H21N3O.2ClH/c15-13-6-3-4-11(13)10-14(18)17-9-7-12-5-1-2-8-16-12;;/h1-2,5,8,11,13H,3-4,6-7,9-10,15H2,(H,17,18);2*1H/t11-,13+;;/m0../s1. The summed E-state index contributed by atoms with van der Waals surface area (Å²) in [4.78, 5) is 16.0. The van der Waals surface area contributed by atoms with Crippen LogP contribution < -0.4 is 11.1 Å². The van der Waals surface area contributed by atoms with E-state index in [1.54, 1.807) is 6.20 Å². The van der Waals surface area contributed by atoms with Crippen LogP contribution in [-0.2, 0) is 11.2 Å². The maximum Gasteiger partial charge on any atom is 0.220 e. The lowest BCUT2D eigenvalue weighted by Crippen LogP contribution is -2.32. The van der Waals surface area contributed by atoms with Crippen LogP contribution in [0.4, 0.5) is 0 Å². The quantitative estimate of drug-likeness (QED) is 0.873. The molecule has 20 heavy (non-hydrogen) atoms. The number of carbonyl (C=O) groups excluding carboxylic acids is 1. The van der Waals surface area contributed by atoms with Gasteiger partial charge < -0.3 is 11.1 Å². The number of nitrogens with zero attached hydrogens (tertiary/aromatic N) is 1. The predicted octanol–water partition coefficient (Wildman–Crippen LogP) is 2.10. The molecule has 0 saturated heterocycles. The zero-order valence-corrected chi connectivity index (χ0v) is 13.1. The van der Waals surface area contributed by atoms with Crippen molar-refractivity contribution in [2.45, 2.75) is 38.1 Å². The first-order valence-corrected chi connectivity index (χ1v) is 6.68. The van der Waals surface area contributed by atoms with Crippen LogP contribution in [0.5, 0.6) is 0 Å². The number of nitrogens with one attached hydrogen (secondary N) is 1. The maximum absolute atomic E-state index is 11.7. The summed E-state index contributed by atoms with van der Waals surface area (Å²) >= 11 is 0. The van der Waals surface area contributed by atoms with E-state index in [1.165, 1.54) is 0 Å². The van der Waals surface area contributed by atoms with E-state index in [9.17, 15) is 4.79 Å². The van der Waals surface area contributed by atoms with Crippen molar-refractivity contribution in [1.29, 1.82) is 0 Å². The van der Waals surface area contributed by atoms with Crippen LogP contribution in [0.1, 0.15) is 31.4 Å². The van der Waals surface area contributed by atoms with Crippen LogP contribution in [0.25, 0.3) is 0 Å². The third-order valence-corrected chi connectivity index (χ3v) is 3.59. The molecular weight excluding hydrogens is 297 g/mol. The molecule has 2 atom stereocenters. The van der Waals surface area contributed by atoms with E-state index in [1.807, 2.05) is 18.2 Å². The van der Waals surface area contributed by atoms with E-state index >= 15 is 0 Å². The van der Waals surface area contributed by atoms with Crippen molar-refractivity contribution in [3.8, 4) is 0 Å². The zero-order chi connectivity index (χ0) is 12.8. The van der Waals surface area contributed by atoms with Gasteiger partial charge >= 0.3 is 0 Å². The minimum absolute atomic E-state index is 0. The highest BCUT2D eigenvalue weighted by molar-refractivity contribution is 5.85. The number of hydrogen-bond donors (Lipinski definition) is 2. The van der Waals surface area contributed by atoms with Crippen molar-refractivity contribution in [3.05, 3.63) is 30.1 Å². The van der Waals surface area contributed by atoms with Gasteiger partial charge in [-0.25, -0.2) is 0 Å². The van der Waals surface area contributed by atoms with Crippen LogP contribution in [0.2, 0.25) is 0 Å². The van der Waals surface area contributed by atoms with Gasteiger partial charge in [0.15, 0.2) is 0 Å². The molecule has 4 nitrogen and oxygen atoms in total. The number of hydrogen-bond acceptors (Lipinski definition) is 3. The Hall–Kier alpha value is -0.840. The molecule has 1 amide bonds. The second kappa shape index (κ2) is 9.97. The Morgan fingerprint density at radius 1 is 1.35 bits per heavy atom. The Labute approximate surface area is 132 Å². The molecule has 0 radical (unpaired) electrons. The molecule has 114 valence electrons. The molecule has 0 aliphatic heterocycles. The Morgan fingerprint density at radius 2 is 2.15 bits per heavy atom. The summed E-state index contributed by atoms with van der Waals surface area (Å²) in [6.45, 7) is 0.651. The third-order valence-electron chi connectivity index (χ3n) is 3.59. The lowest BCUT2D eigenvalue weighted by atomic mass is 10.00. The Balaban J connectivity index is 0.00000180. The second-order valence-electron chi connectivity index (χ2n) is 4.98. The number of pyridine rings is 1. The molecular formula is C14H23Cl2N3O. The van der Waals surface area contributed by atoms with E-state index < -0.39 is 0 Å². The van der Waals surface area contributed by atoms with Crippen LogP contribution >= 0.6 is 24.8 Å². The Morgan fingerprint density at radius 3 is 2.75 bits per heavy atom. The SMILES string of the molecule is Cl.Cl.N[C@@H]1CCC[C@H]1CC(=O)NCCc1ccccn1. The summed E-state index contributed by atoms with van der Waals surface area (Å²) in [7, 11) is 0. The fourth-order valence-electron chi connectivity index (χ4n) is 2.51. The Bertz CT molecular complexity index is 389. The molecule has 1 aromatic rings. The smallest absolute Gasteiger partial charge is 0.220 e. The van der Waals surface area contributed by atoms with Gasteiger partial charge in [0.05, 0.1) is 0 Å². The lowest BCUT2D eigenvalue weighted by Gasteiger charge is -2.14. The minimum Gasteiger partial charge on any atom is -0.356 e. The number of halogens is 2. The summed E-state index contributed by atoms with van der Waals surface area (Å²) in [5, 5.41) is 2.94. The maximum atomic E-state index is 11.7. The molecule has 1 fully saturated rings. The summed E-state index contributed by atoms with van der Waals surface area (Å²) in [6.07, 6.45) is 6.44. The van der Waals surface area contributed by atoms with Gasteiger partial charge in [0, 0.05) is 37.3 Å². The van der Waals surface area contributed by atoms with Gasteiger partial charge in [-0.2, -0.15) is 0 Å². The van der Waals surface area contributed by atoms with E-state index in [4.69, 9.17) is 5.73 Å². The molecule has 3 N–H and O–H groups in total. The van der Waals surface area contributed by atoms with Gasteiger partial charge in [0.2, 0.25) is 5.91 Å². The van der Waals surface area contributed by atoms with Crippen LogP contribution in [0, 0.1) is 5.92 Å². The van der Waals surface area contributed by atoms with Crippen molar-refractivity contribution < 1.29 is 4.79 Å². The largest absolute Gasteiger partial charge is 0.356 e. The summed E-state index contributed by atoms with van der Waals surface area (Å²) in [5.41, 5.74) is 6.97. The summed E-state index contributed by atoms with van der Waals surface area (Å²) < 4.78 is 0. The first-order chi connectivity index (χ1) is 8.75. The number of carbonyl (C=O) groups is 1.